The number of nitrogens with zero attached hydrogens (tertiary/aromatic N) is 2. The van der Waals surface area contributed by atoms with E-state index in [1.54, 1.807) is 30.6 Å². The molecule has 0 saturated carbocycles. The number of rotatable bonds is 4. The zero-order valence-electron chi connectivity index (χ0n) is 12.6. The highest BCUT2D eigenvalue weighted by Crippen LogP contribution is 2.34. The maximum atomic E-state index is 12.2. The second kappa shape index (κ2) is 6.29. The predicted octanol–water partition coefficient (Wildman–Crippen LogP) is 3.12. The molecule has 1 aliphatic heterocycles. The highest BCUT2D eigenvalue weighted by molar-refractivity contribution is 7.13. The molecular formula is C17H13N3O3S. The first-order valence-electron chi connectivity index (χ1n) is 7.32. The largest absolute Gasteiger partial charge is 0.454 e. The normalized spacial score (nSPS) is 12.2. The molecule has 1 aromatic carbocycles. The van der Waals surface area contributed by atoms with Gasteiger partial charge >= 0.3 is 0 Å². The van der Waals surface area contributed by atoms with E-state index in [0.717, 1.165) is 16.3 Å². The zero-order chi connectivity index (χ0) is 16.4. The Morgan fingerprint density at radius 2 is 2.17 bits per heavy atom. The van der Waals surface area contributed by atoms with Crippen LogP contribution in [0.3, 0.4) is 0 Å². The highest BCUT2D eigenvalue weighted by Gasteiger charge is 2.15. The number of amides is 1. The first kappa shape index (κ1) is 14.6. The van der Waals surface area contributed by atoms with Crippen LogP contribution in [-0.2, 0) is 11.2 Å². The van der Waals surface area contributed by atoms with Crippen LogP contribution >= 0.6 is 11.3 Å². The van der Waals surface area contributed by atoms with Crippen LogP contribution < -0.4 is 14.8 Å². The molecule has 0 radical (unpaired) electrons. The average Bonchev–Trinajstić information content (AvgIpc) is 3.24. The Hall–Kier alpha value is -2.93. The molecule has 0 fully saturated rings. The number of hydrogen-bond acceptors (Lipinski definition) is 6. The fourth-order valence-corrected chi connectivity index (χ4v) is 3.16. The van der Waals surface area contributed by atoms with E-state index < -0.39 is 0 Å². The molecule has 120 valence electrons. The molecule has 0 aliphatic carbocycles. The lowest BCUT2D eigenvalue weighted by Crippen LogP contribution is -2.14. The third kappa shape index (κ3) is 3.07. The van der Waals surface area contributed by atoms with E-state index in [0.29, 0.717) is 17.2 Å². The van der Waals surface area contributed by atoms with Gasteiger partial charge < -0.3 is 14.8 Å². The van der Waals surface area contributed by atoms with Crippen molar-refractivity contribution >= 4 is 22.9 Å². The third-order valence-corrected chi connectivity index (χ3v) is 4.40. The van der Waals surface area contributed by atoms with Gasteiger partial charge in [0.25, 0.3) is 0 Å². The van der Waals surface area contributed by atoms with Crippen molar-refractivity contribution in [1.29, 1.82) is 0 Å². The van der Waals surface area contributed by atoms with Crippen molar-refractivity contribution in [3.8, 4) is 22.1 Å². The van der Waals surface area contributed by atoms with Gasteiger partial charge in [-0.15, -0.1) is 11.3 Å². The molecule has 3 heterocycles. The number of aromatic nitrogens is 2. The molecule has 0 saturated heterocycles. The summed E-state index contributed by atoms with van der Waals surface area (Å²) in [4.78, 5) is 20.8. The number of hydrogen-bond donors (Lipinski definition) is 1. The lowest BCUT2D eigenvalue weighted by molar-refractivity contribution is -0.115. The molecule has 0 bridgehead atoms. The average molecular weight is 339 g/mol. The van der Waals surface area contributed by atoms with Crippen LogP contribution in [0.1, 0.15) is 5.69 Å². The number of benzene rings is 1. The molecule has 0 unspecified atom stereocenters. The number of ether oxygens (including phenoxy) is 2. The maximum Gasteiger partial charge on any atom is 0.231 e. The Morgan fingerprint density at radius 3 is 3.04 bits per heavy atom. The Balaban J connectivity index is 1.42. The summed E-state index contributed by atoms with van der Waals surface area (Å²) in [6, 6.07) is 9.13. The SMILES string of the molecule is O=C(Cc1csc(-c2cccnc2)n1)Nc1ccc2c(c1)OCO2. The molecule has 2 aromatic heterocycles. The summed E-state index contributed by atoms with van der Waals surface area (Å²) < 4.78 is 10.6. The molecule has 1 aliphatic rings. The molecule has 7 heteroatoms. The van der Waals surface area contributed by atoms with Crippen LogP contribution in [0.15, 0.2) is 48.1 Å². The van der Waals surface area contributed by atoms with Gasteiger partial charge in [0.15, 0.2) is 11.5 Å². The summed E-state index contributed by atoms with van der Waals surface area (Å²) in [7, 11) is 0. The Bertz CT molecular complexity index is 880. The van der Waals surface area contributed by atoms with Gasteiger partial charge in [-0.05, 0) is 24.3 Å². The quantitative estimate of drug-likeness (QED) is 0.790. The molecule has 0 spiro atoms. The second-order valence-electron chi connectivity index (χ2n) is 5.18. The topological polar surface area (TPSA) is 73.3 Å². The molecule has 3 aromatic rings. The minimum absolute atomic E-state index is 0.128. The number of anilines is 1. The number of carbonyl (C=O) groups excluding carboxylic acids is 1. The maximum absolute atomic E-state index is 12.2. The first-order chi connectivity index (χ1) is 11.8. The summed E-state index contributed by atoms with van der Waals surface area (Å²) in [6.07, 6.45) is 3.69. The summed E-state index contributed by atoms with van der Waals surface area (Å²) in [5, 5.41) is 5.59. The fraction of sp³-hybridized carbons (Fsp3) is 0.118. The van der Waals surface area contributed by atoms with E-state index in [9.17, 15) is 4.79 Å². The molecule has 1 amide bonds. The van der Waals surface area contributed by atoms with Crippen molar-refractivity contribution < 1.29 is 14.3 Å². The van der Waals surface area contributed by atoms with Gasteiger partial charge in [-0.1, -0.05) is 0 Å². The number of thiazole rings is 1. The van der Waals surface area contributed by atoms with Crippen molar-refractivity contribution in [3.63, 3.8) is 0 Å². The van der Waals surface area contributed by atoms with E-state index in [4.69, 9.17) is 9.47 Å². The van der Waals surface area contributed by atoms with Crippen molar-refractivity contribution in [3.05, 3.63) is 53.8 Å². The Kier molecular flexibility index (Phi) is 3.84. The number of pyridine rings is 1. The summed E-state index contributed by atoms with van der Waals surface area (Å²) in [5.74, 6) is 1.20. The van der Waals surface area contributed by atoms with E-state index >= 15 is 0 Å². The third-order valence-electron chi connectivity index (χ3n) is 3.46. The van der Waals surface area contributed by atoms with Gasteiger partial charge in [0, 0.05) is 35.1 Å². The molecule has 4 rings (SSSR count). The number of fused-ring (bicyclic) bond motifs is 1. The van der Waals surface area contributed by atoms with Gasteiger partial charge in [0.2, 0.25) is 12.7 Å². The Morgan fingerprint density at radius 1 is 1.25 bits per heavy atom. The van der Waals surface area contributed by atoms with Crippen LogP contribution in [0, 0.1) is 0 Å². The monoisotopic (exact) mass is 339 g/mol. The lowest BCUT2D eigenvalue weighted by atomic mass is 10.2. The Labute approximate surface area is 142 Å². The van der Waals surface area contributed by atoms with Crippen LogP contribution in [0.5, 0.6) is 11.5 Å². The second-order valence-corrected chi connectivity index (χ2v) is 6.04. The minimum Gasteiger partial charge on any atom is -0.454 e. The number of carbonyl (C=O) groups is 1. The minimum atomic E-state index is -0.128. The van der Waals surface area contributed by atoms with Crippen molar-refractivity contribution in [2.45, 2.75) is 6.42 Å². The van der Waals surface area contributed by atoms with Crippen LogP contribution in [0.4, 0.5) is 5.69 Å². The van der Waals surface area contributed by atoms with E-state index in [1.165, 1.54) is 11.3 Å². The van der Waals surface area contributed by atoms with Crippen molar-refractivity contribution in [2.75, 3.05) is 12.1 Å². The lowest BCUT2D eigenvalue weighted by Gasteiger charge is -2.05. The van der Waals surface area contributed by atoms with E-state index in [2.05, 4.69) is 15.3 Å². The van der Waals surface area contributed by atoms with Gasteiger partial charge in [0.1, 0.15) is 5.01 Å². The van der Waals surface area contributed by atoms with E-state index in [-0.39, 0.29) is 19.1 Å². The summed E-state index contributed by atoms with van der Waals surface area (Å²) in [6.45, 7) is 0.211. The standard InChI is InChI=1S/C17H13N3O3S/c21-16(19-12-3-4-14-15(6-12)23-10-22-14)7-13-9-24-17(20-13)11-2-1-5-18-8-11/h1-6,8-9H,7,10H2,(H,19,21). The summed E-state index contributed by atoms with van der Waals surface area (Å²) >= 11 is 1.50. The van der Waals surface area contributed by atoms with Crippen molar-refractivity contribution in [1.82, 2.24) is 9.97 Å². The summed E-state index contributed by atoms with van der Waals surface area (Å²) in [5.41, 5.74) is 2.36. The molecular weight excluding hydrogens is 326 g/mol. The first-order valence-corrected chi connectivity index (χ1v) is 8.20. The van der Waals surface area contributed by atoms with Gasteiger partial charge in [0.05, 0.1) is 12.1 Å². The molecule has 24 heavy (non-hydrogen) atoms. The molecule has 6 nitrogen and oxygen atoms in total. The van der Waals surface area contributed by atoms with Gasteiger partial charge in [-0.25, -0.2) is 4.98 Å². The predicted molar refractivity (Wildman–Crippen MR) is 90.2 cm³/mol. The highest BCUT2D eigenvalue weighted by atomic mass is 32.1. The molecule has 0 atom stereocenters. The fourth-order valence-electron chi connectivity index (χ4n) is 2.35. The smallest absolute Gasteiger partial charge is 0.231 e. The van der Waals surface area contributed by atoms with E-state index in [1.807, 2.05) is 17.5 Å². The van der Waals surface area contributed by atoms with Crippen LogP contribution in [0.25, 0.3) is 10.6 Å². The van der Waals surface area contributed by atoms with Gasteiger partial charge in [-0.2, -0.15) is 0 Å². The van der Waals surface area contributed by atoms with Crippen molar-refractivity contribution in [2.24, 2.45) is 0 Å². The number of nitrogens with one attached hydrogen (secondary N) is 1. The van der Waals surface area contributed by atoms with Gasteiger partial charge in [-0.3, -0.25) is 9.78 Å². The zero-order valence-corrected chi connectivity index (χ0v) is 13.4. The van der Waals surface area contributed by atoms with Crippen LogP contribution in [0.2, 0.25) is 0 Å². The van der Waals surface area contributed by atoms with Crippen LogP contribution in [-0.4, -0.2) is 22.7 Å². The molecule has 1 N–H and O–H groups in total.